The van der Waals surface area contributed by atoms with Crippen LogP contribution in [0.2, 0.25) is 0 Å². The van der Waals surface area contributed by atoms with E-state index in [0.29, 0.717) is 19.4 Å². The third-order valence-electron chi connectivity index (χ3n) is 4.93. The van der Waals surface area contributed by atoms with Gasteiger partial charge in [0.25, 0.3) is 0 Å². The molecule has 1 atom stereocenters. The standard InChI is InChI=1S/C21H25BrN2O3S/c1-3-12-23-28(26,27)19-8-4-16(5-9-19)6-11-21(25)24-15(2)13-17-14-18(22)7-10-20(17)24/h4-5,7-10,14-15,23H,3,6,11-13H2,1-2H3. The molecule has 150 valence electrons. The molecule has 1 N–H and O–H groups in total. The van der Waals surface area contributed by atoms with Crippen molar-refractivity contribution in [2.45, 2.75) is 50.5 Å². The molecule has 28 heavy (non-hydrogen) atoms. The monoisotopic (exact) mass is 464 g/mol. The van der Waals surface area contributed by atoms with Crippen LogP contribution in [-0.4, -0.2) is 26.9 Å². The fourth-order valence-electron chi connectivity index (χ4n) is 3.51. The van der Waals surface area contributed by atoms with E-state index < -0.39 is 10.0 Å². The van der Waals surface area contributed by atoms with Crippen molar-refractivity contribution in [3.8, 4) is 0 Å². The number of amides is 1. The molecule has 0 saturated heterocycles. The molecule has 1 aliphatic heterocycles. The number of carbonyl (C=O) groups is 1. The second kappa shape index (κ2) is 8.76. The molecular formula is C21H25BrN2O3S. The lowest BCUT2D eigenvalue weighted by molar-refractivity contribution is -0.118. The van der Waals surface area contributed by atoms with Gasteiger partial charge in [0.2, 0.25) is 15.9 Å². The molecule has 2 aromatic rings. The molecule has 1 heterocycles. The summed E-state index contributed by atoms with van der Waals surface area (Å²) in [7, 11) is -3.46. The maximum absolute atomic E-state index is 12.8. The first-order chi connectivity index (χ1) is 13.3. The molecule has 3 rings (SSSR count). The van der Waals surface area contributed by atoms with Gasteiger partial charge in [0, 0.05) is 29.2 Å². The summed E-state index contributed by atoms with van der Waals surface area (Å²) in [5, 5.41) is 0. The minimum absolute atomic E-state index is 0.0925. The maximum Gasteiger partial charge on any atom is 0.240 e. The van der Waals surface area contributed by atoms with Gasteiger partial charge in [-0.05, 0) is 67.6 Å². The van der Waals surface area contributed by atoms with Crippen molar-refractivity contribution >= 4 is 37.5 Å². The number of nitrogens with zero attached hydrogens (tertiary/aromatic N) is 1. The third kappa shape index (κ3) is 4.64. The van der Waals surface area contributed by atoms with Gasteiger partial charge in [0.05, 0.1) is 4.90 Å². The third-order valence-corrected chi connectivity index (χ3v) is 6.90. The zero-order valence-corrected chi connectivity index (χ0v) is 18.5. The van der Waals surface area contributed by atoms with Gasteiger partial charge in [-0.1, -0.05) is 35.0 Å². The largest absolute Gasteiger partial charge is 0.309 e. The number of carbonyl (C=O) groups excluding carboxylic acids is 1. The van der Waals surface area contributed by atoms with Gasteiger partial charge in [-0.15, -0.1) is 0 Å². The zero-order chi connectivity index (χ0) is 20.3. The highest BCUT2D eigenvalue weighted by Gasteiger charge is 2.30. The van der Waals surface area contributed by atoms with Crippen LogP contribution >= 0.6 is 15.9 Å². The molecule has 2 aromatic carbocycles. The molecule has 0 saturated carbocycles. The van der Waals surface area contributed by atoms with E-state index in [-0.39, 0.29) is 16.8 Å². The highest BCUT2D eigenvalue weighted by molar-refractivity contribution is 9.10. The highest BCUT2D eigenvalue weighted by atomic mass is 79.9. The summed E-state index contributed by atoms with van der Waals surface area (Å²) >= 11 is 3.49. The predicted molar refractivity (Wildman–Crippen MR) is 115 cm³/mol. The molecule has 5 nitrogen and oxygen atoms in total. The van der Waals surface area contributed by atoms with E-state index in [9.17, 15) is 13.2 Å². The van der Waals surface area contributed by atoms with Crippen LogP contribution in [0.1, 0.15) is 37.8 Å². The van der Waals surface area contributed by atoms with E-state index >= 15 is 0 Å². The Morgan fingerprint density at radius 2 is 1.93 bits per heavy atom. The number of aryl methyl sites for hydroxylation is 1. The van der Waals surface area contributed by atoms with Crippen LogP contribution in [-0.2, 0) is 27.7 Å². The molecular weight excluding hydrogens is 440 g/mol. The molecule has 0 radical (unpaired) electrons. The molecule has 0 aromatic heterocycles. The topological polar surface area (TPSA) is 66.5 Å². The van der Waals surface area contributed by atoms with E-state index in [1.54, 1.807) is 24.3 Å². The molecule has 0 spiro atoms. The van der Waals surface area contributed by atoms with Gasteiger partial charge in [0.1, 0.15) is 0 Å². The number of anilines is 1. The van der Waals surface area contributed by atoms with Crippen molar-refractivity contribution in [2.24, 2.45) is 0 Å². The number of nitrogens with one attached hydrogen (secondary N) is 1. The second-order valence-corrected chi connectivity index (χ2v) is 9.81. The number of benzene rings is 2. The lowest BCUT2D eigenvalue weighted by Gasteiger charge is -2.23. The van der Waals surface area contributed by atoms with E-state index in [1.165, 1.54) is 5.56 Å². The number of hydrogen-bond donors (Lipinski definition) is 1. The molecule has 0 aliphatic carbocycles. The molecule has 1 unspecified atom stereocenters. The van der Waals surface area contributed by atoms with Crippen LogP contribution in [0.3, 0.4) is 0 Å². The normalized spacial score (nSPS) is 16.2. The summed E-state index contributed by atoms with van der Waals surface area (Å²) in [6, 6.07) is 12.9. The average Bonchev–Trinajstić information content (AvgIpc) is 2.99. The quantitative estimate of drug-likeness (QED) is 0.671. The van der Waals surface area contributed by atoms with Gasteiger partial charge in [0.15, 0.2) is 0 Å². The minimum Gasteiger partial charge on any atom is -0.309 e. The Balaban J connectivity index is 1.64. The van der Waals surface area contributed by atoms with Crippen LogP contribution in [0.15, 0.2) is 51.8 Å². The predicted octanol–water partition coefficient (Wildman–Crippen LogP) is 4.05. The molecule has 7 heteroatoms. The van der Waals surface area contributed by atoms with E-state index in [0.717, 1.165) is 28.6 Å². The summed E-state index contributed by atoms with van der Waals surface area (Å²) in [6.45, 7) is 4.40. The Labute approximate surface area is 175 Å². The highest BCUT2D eigenvalue weighted by Crippen LogP contribution is 2.34. The van der Waals surface area contributed by atoms with Gasteiger partial charge in [-0.3, -0.25) is 4.79 Å². The fourth-order valence-corrected chi connectivity index (χ4v) is 5.05. The zero-order valence-electron chi connectivity index (χ0n) is 16.1. The maximum atomic E-state index is 12.8. The number of rotatable bonds is 7. The first-order valence-corrected chi connectivity index (χ1v) is 11.8. The SMILES string of the molecule is CCCNS(=O)(=O)c1ccc(CCC(=O)N2c3ccc(Br)cc3CC2C)cc1. The van der Waals surface area contributed by atoms with E-state index in [4.69, 9.17) is 0 Å². The van der Waals surface area contributed by atoms with Crippen LogP contribution in [0, 0.1) is 0 Å². The summed E-state index contributed by atoms with van der Waals surface area (Å²) in [5.41, 5.74) is 3.12. The van der Waals surface area contributed by atoms with Crippen molar-refractivity contribution in [2.75, 3.05) is 11.4 Å². The van der Waals surface area contributed by atoms with Crippen LogP contribution in [0.4, 0.5) is 5.69 Å². The summed E-state index contributed by atoms with van der Waals surface area (Å²) in [5.74, 6) is 0.0925. The lowest BCUT2D eigenvalue weighted by Crippen LogP contribution is -2.35. The van der Waals surface area contributed by atoms with Crippen LogP contribution in [0.5, 0.6) is 0 Å². The van der Waals surface area contributed by atoms with Crippen molar-refractivity contribution in [3.05, 3.63) is 58.1 Å². The molecule has 0 fully saturated rings. The van der Waals surface area contributed by atoms with Gasteiger partial charge in [-0.25, -0.2) is 13.1 Å². The number of hydrogen-bond acceptors (Lipinski definition) is 3. The Morgan fingerprint density at radius 3 is 2.61 bits per heavy atom. The first-order valence-electron chi connectivity index (χ1n) is 9.51. The Morgan fingerprint density at radius 1 is 1.21 bits per heavy atom. The molecule has 1 amide bonds. The van der Waals surface area contributed by atoms with Crippen molar-refractivity contribution in [3.63, 3.8) is 0 Å². The second-order valence-electron chi connectivity index (χ2n) is 7.13. The van der Waals surface area contributed by atoms with Gasteiger partial charge < -0.3 is 4.90 Å². The number of sulfonamides is 1. The number of halogens is 1. The van der Waals surface area contributed by atoms with E-state index in [2.05, 4.69) is 33.6 Å². The molecule has 1 aliphatic rings. The van der Waals surface area contributed by atoms with Crippen LogP contribution < -0.4 is 9.62 Å². The summed E-state index contributed by atoms with van der Waals surface area (Å²) in [6.07, 6.45) is 2.57. The van der Waals surface area contributed by atoms with Crippen molar-refractivity contribution in [1.82, 2.24) is 4.72 Å². The summed E-state index contributed by atoms with van der Waals surface area (Å²) < 4.78 is 27.9. The van der Waals surface area contributed by atoms with Crippen LogP contribution in [0.25, 0.3) is 0 Å². The first kappa shape index (κ1) is 21.0. The molecule has 0 bridgehead atoms. The average molecular weight is 465 g/mol. The fraction of sp³-hybridized carbons (Fsp3) is 0.381. The summed E-state index contributed by atoms with van der Waals surface area (Å²) in [4.78, 5) is 15.0. The van der Waals surface area contributed by atoms with Crippen molar-refractivity contribution in [1.29, 1.82) is 0 Å². The Kier molecular flexibility index (Phi) is 6.58. The number of fused-ring (bicyclic) bond motifs is 1. The lowest BCUT2D eigenvalue weighted by atomic mass is 10.1. The van der Waals surface area contributed by atoms with Gasteiger partial charge in [-0.2, -0.15) is 0 Å². The van der Waals surface area contributed by atoms with E-state index in [1.807, 2.05) is 24.0 Å². The smallest absolute Gasteiger partial charge is 0.240 e. The Hall–Kier alpha value is -1.70. The van der Waals surface area contributed by atoms with Gasteiger partial charge >= 0.3 is 0 Å². The Bertz CT molecular complexity index is 958. The van der Waals surface area contributed by atoms with Crippen molar-refractivity contribution < 1.29 is 13.2 Å². The minimum atomic E-state index is -3.46.